The smallest absolute Gasteiger partial charge is 0.269 e. The Morgan fingerprint density at radius 2 is 2.33 bits per heavy atom. The molecule has 0 aliphatic carbocycles. The Hall–Kier alpha value is -1.72. The van der Waals surface area contributed by atoms with Crippen LogP contribution in [0.4, 0.5) is 5.69 Å². The molecule has 1 aromatic rings. The molecule has 1 aromatic carbocycles. The zero-order valence-corrected chi connectivity index (χ0v) is 10.5. The second-order valence-corrected chi connectivity index (χ2v) is 4.11. The molecule has 0 aromatic heterocycles. The number of rotatable bonds is 8. The number of benzene rings is 1. The number of non-ortho nitro benzene ring substituents is 1. The number of ether oxygens (including phenoxy) is 1. The number of nitrogens with zero attached hydrogens (tertiary/aromatic N) is 1. The first-order valence-electron chi connectivity index (χ1n) is 5.76. The van der Waals surface area contributed by atoms with E-state index in [4.69, 9.17) is 4.74 Å². The molecule has 0 atom stereocenters. The van der Waals surface area contributed by atoms with Crippen LogP contribution in [0.15, 0.2) is 36.4 Å². The second-order valence-electron chi connectivity index (χ2n) is 4.11. The first kappa shape index (κ1) is 14.3. The quantitative estimate of drug-likeness (QED) is 0.333. The largest absolute Gasteiger partial charge is 0.376 e. The van der Waals surface area contributed by atoms with E-state index in [0.29, 0.717) is 26.3 Å². The molecule has 0 saturated carbocycles. The molecule has 0 spiro atoms. The maximum absolute atomic E-state index is 10.6. The molecule has 0 bridgehead atoms. The molecular formula is C13H18N2O3. The van der Waals surface area contributed by atoms with Crippen LogP contribution in [0.3, 0.4) is 0 Å². The molecule has 0 fully saturated rings. The van der Waals surface area contributed by atoms with Crippen LogP contribution in [-0.2, 0) is 11.3 Å². The van der Waals surface area contributed by atoms with E-state index in [-0.39, 0.29) is 10.6 Å². The summed E-state index contributed by atoms with van der Waals surface area (Å²) >= 11 is 0. The molecule has 0 radical (unpaired) electrons. The van der Waals surface area contributed by atoms with Crippen molar-refractivity contribution < 1.29 is 9.66 Å². The number of hydrogen-bond donors (Lipinski definition) is 1. The van der Waals surface area contributed by atoms with Crippen molar-refractivity contribution in [3.05, 3.63) is 52.1 Å². The van der Waals surface area contributed by atoms with Gasteiger partial charge in [0.2, 0.25) is 0 Å². The van der Waals surface area contributed by atoms with E-state index in [0.717, 1.165) is 11.1 Å². The Morgan fingerprint density at radius 1 is 1.56 bits per heavy atom. The van der Waals surface area contributed by atoms with Crippen molar-refractivity contribution in [2.75, 3.05) is 19.8 Å². The number of hydrogen-bond acceptors (Lipinski definition) is 4. The number of nitrogens with one attached hydrogen (secondary N) is 1. The summed E-state index contributed by atoms with van der Waals surface area (Å²) in [5, 5.41) is 13.8. The summed E-state index contributed by atoms with van der Waals surface area (Å²) in [6, 6.07) is 6.60. The minimum Gasteiger partial charge on any atom is -0.376 e. The SMILES string of the molecule is C=C(C)COCCNCc1cccc([N+](=O)[O-])c1. The Morgan fingerprint density at radius 3 is 3.00 bits per heavy atom. The van der Waals surface area contributed by atoms with E-state index < -0.39 is 0 Å². The van der Waals surface area contributed by atoms with Crippen LogP contribution < -0.4 is 5.32 Å². The van der Waals surface area contributed by atoms with Crippen LogP contribution in [0, 0.1) is 10.1 Å². The molecule has 0 saturated heterocycles. The lowest BCUT2D eigenvalue weighted by molar-refractivity contribution is -0.384. The molecule has 98 valence electrons. The zero-order valence-electron chi connectivity index (χ0n) is 10.5. The Kier molecular flexibility index (Phi) is 6.04. The third-order valence-electron chi connectivity index (χ3n) is 2.22. The first-order chi connectivity index (χ1) is 8.59. The van der Waals surface area contributed by atoms with Gasteiger partial charge < -0.3 is 10.1 Å². The van der Waals surface area contributed by atoms with Gasteiger partial charge in [0.15, 0.2) is 0 Å². The fourth-order valence-corrected chi connectivity index (χ4v) is 1.40. The van der Waals surface area contributed by atoms with Crippen molar-refractivity contribution in [3.8, 4) is 0 Å². The lowest BCUT2D eigenvalue weighted by atomic mass is 10.2. The van der Waals surface area contributed by atoms with Gasteiger partial charge in [0.1, 0.15) is 0 Å². The van der Waals surface area contributed by atoms with E-state index in [1.807, 2.05) is 13.0 Å². The molecule has 18 heavy (non-hydrogen) atoms. The van der Waals surface area contributed by atoms with Gasteiger partial charge in [-0.15, -0.1) is 0 Å². The number of nitro groups is 1. The third-order valence-corrected chi connectivity index (χ3v) is 2.22. The topological polar surface area (TPSA) is 64.4 Å². The molecule has 0 amide bonds. The minimum absolute atomic E-state index is 0.118. The Labute approximate surface area is 107 Å². The van der Waals surface area contributed by atoms with Crippen molar-refractivity contribution in [1.29, 1.82) is 0 Å². The highest BCUT2D eigenvalue weighted by Crippen LogP contribution is 2.12. The van der Waals surface area contributed by atoms with Crippen LogP contribution in [0.25, 0.3) is 0 Å². The van der Waals surface area contributed by atoms with Crippen LogP contribution >= 0.6 is 0 Å². The van der Waals surface area contributed by atoms with E-state index in [9.17, 15) is 10.1 Å². The minimum atomic E-state index is -0.389. The fraction of sp³-hybridized carbons (Fsp3) is 0.385. The van der Waals surface area contributed by atoms with Crippen molar-refractivity contribution in [2.45, 2.75) is 13.5 Å². The van der Waals surface area contributed by atoms with Crippen LogP contribution in [-0.4, -0.2) is 24.7 Å². The van der Waals surface area contributed by atoms with Gasteiger partial charge in [0.25, 0.3) is 5.69 Å². The summed E-state index contributed by atoms with van der Waals surface area (Å²) in [4.78, 5) is 10.2. The monoisotopic (exact) mass is 250 g/mol. The van der Waals surface area contributed by atoms with Gasteiger partial charge in [-0.25, -0.2) is 0 Å². The van der Waals surface area contributed by atoms with Crippen molar-refractivity contribution >= 4 is 5.69 Å². The molecule has 0 aliphatic heterocycles. The molecule has 0 aliphatic rings. The Balaban J connectivity index is 2.25. The maximum atomic E-state index is 10.6. The lowest BCUT2D eigenvalue weighted by Crippen LogP contribution is -2.19. The van der Waals surface area contributed by atoms with Crippen molar-refractivity contribution in [2.24, 2.45) is 0 Å². The average Bonchev–Trinajstić information content (AvgIpc) is 2.33. The van der Waals surface area contributed by atoms with E-state index >= 15 is 0 Å². The first-order valence-corrected chi connectivity index (χ1v) is 5.76. The van der Waals surface area contributed by atoms with Gasteiger partial charge in [-0.3, -0.25) is 10.1 Å². The van der Waals surface area contributed by atoms with Gasteiger partial charge in [-0.05, 0) is 12.5 Å². The maximum Gasteiger partial charge on any atom is 0.269 e. The Bertz CT molecular complexity index is 418. The summed E-state index contributed by atoms with van der Waals surface area (Å²) < 4.78 is 5.32. The summed E-state index contributed by atoms with van der Waals surface area (Å²) in [6.07, 6.45) is 0. The second kappa shape index (κ2) is 7.58. The third kappa shape index (κ3) is 5.56. The van der Waals surface area contributed by atoms with Gasteiger partial charge in [0, 0.05) is 25.2 Å². The molecule has 1 N–H and O–H groups in total. The summed E-state index contributed by atoms with van der Waals surface area (Å²) in [7, 11) is 0. The normalized spacial score (nSPS) is 10.3. The molecular weight excluding hydrogens is 232 g/mol. The van der Waals surface area contributed by atoms with E-state index in [2.05, 4.69) is 11.9 Å². The fourth-order valence-electron chi connectivity index (χ4n) is 1.40. The van der Waals surface area contributed by atoms with E-state index in [1.165, 1.54) is 6.07 Å². The molecule has 0 unspecified atom stereocenters. The predicted molar refractivity (Wildman–Crippen MR) is 70.4 cm³/mol. The highest BCUT2D eigenvalue weighted by Gasteiger charge is 2.04. The number of nitro benzene ring substituents is 1. The molecule has 1 rings (SSSR count). The lowest BCUT2D eigenvalue weighted by Gasteiger charge is -2.06. The van der Waals surface area contributed by atoms with Gasteiger partial charge in [-0.2, -0.15) is 0 Å². The van der Waals surface area contributed by atoms with Gasteiger partial charge >= 0.3 is 0 Å². The van der Waals surface area contributed by atoms with E-state index in [1.54, 1.807) is 12.1 Å². The molecule has 5 nitrogen and oxygen atoms in total. The average molecular weight is 250 g/mol. The van der Waals surface area contributed by atoms with Crippen molar-refractivity contribution in [1.82, 2.24) is 5.32 Å². The van der Waals surface area contributed by atoms with Crippen LogP contribution in [0.5, 0.6) is 0 Å². The molecule has 5 heteroatoms. The molecule has 0 heterocycles. The van der Waals surface area contributed by atoms with Gasteiger partial charge in [-0.1, -0.05) is 24.3 Å². The highest BCUT2D eigenvalue weighted by molar-refractivity contribution is 5.34. The van der Waals surface area contributed by atoms with Crippen molar-refractivity contribution in [3.63, 3.8) is 0 Å². The van der Waals surface area contributed by atoms with Crippen LogP contribution in [0.1, 0.15) is 12.5 Å². The highest BCUT2D eigenvalue weighted by atomic mass is 16.6. The standard InChI is InChI=1S/C13H18N2O3/c1-11(2)10-18-7-6-14-9-12-4-3-5-13(8-12)15(16)17/h3-5,8,14H,1,6-7,9-10H2,2H3. The zero-order chi connectivity index (χ0) is 13.4. The summed E-state index contributed by atoms with van der Waals surface area (Å²) in [6.45, 7) is 8.12. The predicted octanol–water partition coefficient (Wildman–Crippen LogP) is 2.28. The summed E-state index contributed by atoms with van der Waals surface area (Å²) in [5.74, 6) is 0. The van der Waals surface area contributed by atoms with Crippen LogP contribution in [0.2, 0.25) is 0 Å². The van der Waals surface area contributed by atoms with Gasteiger partial charge in [0.05, 0.1) is 18.1 Å². The summed E-state index contributed by atoms with van der Waals surface area (Å²) in [5.41, 5.74) is 2.01.